The molecule has 0 aliphatic carbocycles. The van der Waals surface area contributed by atoms with E-state index in [1.54, 1.807) is 38.3 Å². The summed E-state index contributed by atoms with van der Waals surface area (Å²) in [6.07, 6.45) is 2.30. The standard InChI is InChI=1S/C18H17ClN2OS2/c1-2-3-11-23-24-18-20-16-10-5-4-9-15(16)17(22)21(18)14-8-6-7-13(19)12-14/h4-10,12H,2-3,11H2,1H3. The molecule has 3 aromatic rings. The van der Waals surface area contributed by atoms with Crippen LogP contribution in [0.2, 0.25) is 5.02 Å². The van der Waals surface area contributed by atoms with Crippen molar-refractivity contribution in [2.24, 2.45) is 0 Å². The summed E-state index contributed by atoms with van der Waals surface area (Å²) in [4.78, 5) is 17.7. The van der Waals surface area contributed by atoms with Crippen molar-refractivity contribution < 1.29 is 0 Å². The third-order valence-corrected chi connectivity index (χ3v) is 6.06. The normalized spacial score (nSPS) is 11.1. The predicted octanol–water partition coefficient (Wildman–Crippen LogP) is 5.58. The first-order valence-electron chi connectivity index (χ1n) is 7.78. The summed E-state index contributed by atoms with van der Waals surface area (Å²) in [5.41, 5.74) is 1.39. The van der Waals surface area contributed by atoms with E-state index in [0.29, 0.717) is 15.6 Å². The molecule has 0 radical (unpaired) electrons. The molecule has 0 aliphatic rings. The zero-order chi connectivity index (χ0) is 16.9. The number of halogens is 1. The number of hydrogen-bond donors (Lipinski definition) is 0. The number of para-hydroxylation sites is 1. The Morgan fingerprint density at radius 2 is 2.00 bits per heavy atom. The Bertz CT molecular complexity index is 911. The number of rotatable bonds is 6. The molecule has 0 amide bonds. The van der Waals surface area contributed by atoms with Crippen LogP contribution in [0.25, 0.3) is 16.6 Å². The van der Waals surface area contributed by atoms with E-state index in [4.69, 9.17) is 16.6 Å². The Kier molecular flexibility index (Phi) is 5.87. The van der Waals surface area contributed by atoms with Crippen molar-refractivity contribution in [3.63, 3.8) is 0 Å². The fourth-order valence-electron chi connectivity index (χ4n) is 2.31. The Hall–Kier alpha value is -1.43. The smallest absolute Gasteiger partial charge is 0.266 e. The van der Waals surface area contributed by atoms with Gasteiger partial charge in [-0.25, -0.2) is 4.98 Å². The molecule has 0 atom stereocenters. The molecule has 2 aromatic carbocycles. The van der Waals surface area contributed by atoms with Crippen LogP contribution in [0.3, 0.4) is 0 Å². The number of unbranched alkanes of at least 4 members (excludes halogenated alkanes) is 1. The molecule has 0 saturated carbocycles. The Balaban J connectivity index is 2.12. The molecule has 0 bridgehead atoms. The van der Waals surface area contributed by atoms with Crippen LogP contribution in [-0.2, 0) is 0 Å². The van der Waals surface area contributed by atoms with Gasteiger partial charge in [-0.15, -0.1) is 0 Å². The second kappa shape index (κ2) is 8.10. The average molecular weight is 377 g/mol. The molecule has 0 spiro atoms. The average Bonchev–Trinajstić information content (AvgIpc) is 2.59. The zero-order valence-electron chi connectivity index (χ0n) is 13.2. The van der Waals surface area contributed by atoms with Gasteiger partial charge in [0.05, 0.1) is 16.6 Å². The molecule has 124 valence electrons. The highest BCUT2D eigenvalue weighted by Gasteiger charge is 2.13. The molecule has 3 nitrogen and oxygen atoms in total. The first kappa shape index (κ1) is 17.4. The molecule has 1 heterocycles. The summed E-state index contributed by atoms with van der Waals surface area (Å²) in [5, 5.41) is 1.89. The molecule has 0 fully saturated rings. The van der Waals surface area contributed by atoms with Gasteiger partial charge in [0.1, 0.15) is 0 Å². The highest BCUT2D eigenvalue weighted by molar-refractivity contribution is 8.76. The lowest BCUT2D eigenvalue weighted by atomic mass is 10.2. The fraction of sp³-hybridized carbons (Fsp3) is 0.222. The van der Waals surface area contributed by atoms with Crippen LogP contribution in [0.5, 0.6) is 0 Å². The Labute approximate surface area is 153 Å². The minimum atomic E-state index is -0.0681. The minimum Gasteiger partial charge on any atom is -0.268 e. The van der Waals surface area contributed by atoms with Crippen LogP contribution in [0.4, 0.5) is 0 Å². The maximum atomic E-state index is 13.0. The van der Waals surface area contributed by atoms with Crippen LogP contribution < -0.4 is 5.56 Å². The van der Waals surface area contributed by atoms with E-state index in [1.165, 1.54) is 0 Å². The number of fused-ring (bicyclic) bond motifs is 1. The van der Waals surface area contributed by atoms with Crippen LogP contribution in [-0.4, -0.2) is 15.3 Å². The fourth-order valence-corrected chi connectivity index (χ4v) is 4.74. The van der Waals surface area contributed by atoms with Gasteiger partial charge in [0.15, 0.2) is 5.16 Å². The zero-order valence-corrected chi connectivity index (χ0v) is 15.6. The summed E-state index contributed by atoms with van der Waals surface area (Å²) in [6.45, 7) is 2.17. The molecule has 24 heavy (non-hydrogen) atoms. The van der Waals surface area contributed by atoms with Gasteiger partial charge in [0.25, 0.3) is 5.56 Å². The monoisotopic (exact) mass is 376 g/mol. The van der Waals surface area contributed by atoms with E-state index in [1.807, 2.05) is 36.4 Å². The van der Waals surface area contributed by atoms with Gasteiger partial charge >= 0.3 is 0 Å². The number of aromatic nitrogens is 2. The first-order valence-corrected chi connectivity index (χ1v) is 10.5. The lowest BCUT2D eigenvalue weighted by Crippen LogP contribution is -2.21. The molecule has 6 heteroatoms. The number of nitrogens with zero attached hydrogens (tertiary/aromatic N) is 2. The lowest BCUT2D eigenvalue weighted by molar-refractivity contribution is 0.823. The van der Waals surface area contributed by atoms with Crippen molar-refractivity contribution in [2.75, 3.05) is 5.75 Å². The SMILES string of the molecule is CCCCSSc1nc2ccccc2c(=O)n1-c1cccc(Cl)c1. The third kappa shape index (κ3) is 3.79. The van der Waals surface area contributed by atoms with Crippen molar-refractivity contribution in [3.05, 3.63) is 63.9 Å². The van der Waals surface area contributed by atoms with Gasteiger partial charge in [-0.3, -0.25) is 9.36 Å². The minimum absolute atomic E-state index is 0.0681. The highest BCUT2D eigenvalue weighted by Crippen LogP contribution is 2.32. The lowest BCUT2D eigenvalue weighted by Gasteiger charge is -2.13. The van der Waals surface area contributed by atoms with Gasteiger partial charge in [0, 0.05) is 10.8 Å². The molecule has 0 N–H and O–H groups in total. The summed E-state index contributed by atoms with van der Waals surface area (Å²) in [7, 11) is 3.26. The molecule has 0 aliphatic heterocycles. The van der Waals surface area contributed by atoms with Crippen LogP contribution in [0.1, 0.15) is 19.8 Å². The quantitative estimate of drug-likeness (QED) is 0.319. The first-order chi connectivity index (χ1) is 11.7. The molecule has 0 unspecified atom stereocenters. The Morgan fingerprint density at radius 1 is 1.17 bits per heavy atom. The molecule has 0 saturated heterocycles. The van der Waals surface area contributed by atoms with E-state index in [-0.39, 0.29) is 5.56 Å². The van der Waals surface area contributed by atoms with Gasteiger partial charge in [-0.2, -0.15) is 0 Å². The van der Waals surface area contributed by atoms with Crippen molar-refractivity contribution in [1.82, 2.24) is 9.55 Å². The third-order valence-electron chi connectivity index (χ3n) is 3.53. The molecule has 3 rings (SSSR count). The second-order valence-corrected chi connectivity index (χ2v) is 8.11. The van der Waals surface area contributed by atoms with Crippen LogP contribution in [0, 0.1) is 0 Å². The van der Waals surface area contributed by atoms with Crippen molar-refractivity contribution >= 4 is 44.1 Å². The van der Waals surface area contributed by atoms with Gasteiger partial charge in [0.2, 0.25) is 0 Å². The number of benzene rings is 2. The van der Waals surface area contributed by atoms with Gasteiger partial charge < -0.3 is 0 Å². The van der Waals surface area contributed by atoms with Crippen LogP contribution >= 0.6 is 33.2 Å². The number of hydrogen-bond acceptors (Lipinski definition) is 4. The maximum absolute atomic E-state index is 13.0. The van der Waals surface area contributed by atoms with Gasteiger partial charge in [-0.05, 0) is 47.5 Å². The van der Waals surface area contributed by atoms with E-state index < -0.39 is 0 Å². The summed E-state index contributed by atoms with van der Waals surface area (Å²) in [6, 6.07) is 14.8. The highest BCUT2D eigenvalue weighted by atomic mass is 35.5. The van der Waals surface area contributed by atoms with Gasteiger partial charge in [-0.1, -0.05) is 53.9 Å². The van der Waals surface area contributed by atoms with Crippen molar-refractivity contribution in [2.45, 2.75) is 24.9 Å². The van der Waals surface area contributed by atoms with Crippen molar-refractivity contribution in [1.29, 1.82) is 0 Å². The molecular weight excluding hydrogens is 360 g/mol. The summed E-state index contributed by atoms with van der Waals surface area (Å²) in [5.74, 6) is 1.03. The van der Waals surface area contributed by atoms with E-state index in [0.717, 1.165) is 29.8 Å². The predicted molar refractivity (Wildman–Crippen MR) is 106 cm³/mol. The summed E-state index contributed by atoms with van der Waals surface area (Å²) < 4.78 is 1.65. The molecule has 1 aromatic heterocycles. The molecular formula is C18H17ClN2OS2. The summed E-state index contributed by atoms with van der Waals surface area (Å²) >= 11 is 6.12. The van der Waals surface area contributed by atoms with Crippen LogP contribution in [0.15, 0.2) is 58.5 Å². The van der Waals surface area contributed by atoms with E-state index in [9.17, 15) is 4.79 Å². The maximum Gasteiger partial charge on any atom is 0.266 e. The Morgan fingerprint density at radius 3 is 2.79 bits per heavy atom. The van der Waals surface area contributed by atoms with Crippen molar-refractivity contribution in [3.8, 4) is 5.69 Å². The second-order valence-electron chi connectivity index (χ2n) is 5.29. The van der Waals surface area contributed by atoms with E-state index in [2.05, 4.69) is 6.92 Å². The van der Waals surface area contributed by atoms with E-state index >= 15 is 0 Å². The topological polar surface area (TPSA) is 34.9 Å². The largest absolute Gasteiger partial charge is 0.268 e.